The molecular formula is C19H26N2O3S. The van der Waals surface area contributed by atoms with Crippen LogP contribution < -0.4 is 14.8 Å². The summed E-state index contributed by atoms with van der Waals surface area (Å²) in [5.41, 5.74) is 1.49. The van der Waals surface area contributed by atoms with Crippen molar-refractivity contribution in [2.75, 3.05) is 16.6 Å². The van der Waals surface area contributed by atoms with E-state index in [0.29, 0.717) is 17.4 Å². The van der Waals surface area contributed by atoms with Crippen molar-refractivity contribution in [3.05, 3.63) is 48.5 Å². The van der Waals surface area contributed by atoms with E-state index in [1.165, 1.54) is 0 Å². The van der Waals surface area contributed by atoms with Crippen molar-refractivity contribution in [1.29, 1.82) is 0 Å². The lowest BCUT2D eigenvalue weighted by Gasteiger charge is -2.12. The number of nitrogens with one attached hydrogen (secondary N) is 2. The third kappa shape index (κ3) is 5.98. The van der Waals surface area contributed by atoms with Crippen molar-refractivity contribution in [2.45, 2.75) is 38.7 Å². The summed E-state index contributed by atoms with van der Waals surface area (Å²) in [4.78, 5) is 0.200. The zero-order chi connectivity index (χ0) is 18.4. The van der Waals surface area contributed by atoms with Crippen LogP contribution in [-0.4, -0.2) is 21.1 Å². The van der Waals surface area contributed by atoms with Gasteiger partial charge in [0.25, 0.3) is 10.0 Å². The molecule has 0 atom stereocenters. The van der Waals surface area contributed by atoms with Crippen molar-refractivity contribution in [3.8, 4) is 5.75 Å². The van der Waals surface area contributed by atoms with Gasteiger partial charge >= 0.3 is 0 Å². The summed E-state index contributed by atoms with van der Waals surface area (Å²) >= 11 is 0. The third-order valence-electron chi connectivity index (χ3n) is 3.36. The van der Waals surface area contributed by atoms with Crippen molar-refractivity contribution >= 4 is 21.4 Å². The molecule has 0 saturated carbocycles. The van der Waals surface area contributed by atoms with Gasteiger partial charge in [0, 0.05) is 17.9 Å². The predicted octanol–water partition coefficient (Wildman–Crippen LogP) is 4.34. The molecule has 0 radical (unpaired) electrons. The summed E-state index contributed by atoms with van der Waals surface area (Å²) in [6, 6.07) is 13.6. The molecule has 0 unspecified atom stereocenters. The average molecular weight is 362 g/mol. The zero-order valence-corrected chi connectivity index (χ0v) is 15.9. The van der Waals surface area contributed by atoms with Gasteiger partial charge < -0.3 is 10.1 Å². The molecule has 5 nitrogen and oxygen atoms in total. The Balaban J connectivity index is 2.05. The second kappa shape index (κ2) is 8.25. The Morgan fingerprint density at radius 2 is 1.44 bits per heavy atom. The lowest BCUT2D eigenvalue weighted by Crippen LogP contribution is -2.13. The number of rotatable bonds is 8. The molecule has 2 aromatic rings. The Labute approximate surface area is 150 Å². The first-order chi connectivity index (χ1) is 11.8. The fourth-order valence-corrected chi connectivity index (χ4v) is 3.22. The van der Waals surface area contributed by atoms with Gasteiger partial charge in [-0.05, 0) is 68.3 Å². The number of benzene rings is 2. The Hall–Kier alpha value is -2.21. The fraction of sp³-hybridized carbons (Fsp3) is 0.368. The standard InChI is InChI=1S/C19H26N2O3S/c1-14(2)13-20-16-5-7-17(8-6-16)21-25(22,23)19-11-9-18(10-12-19)24-15(3)4/h5-12,14-15,20-21H,13H2,1-4H3. The fourth-order valence-electron chi connectivity index (χ4n) is 2.16. The maximum absolute atomic E-state index is 12.5. The highest BCUT2D eigenvalue weighted by atomic mass is 32.2. The minimum absolute atomic E-state index is 0.0448. The van der Waals surface area contributed by atoms with E-state index < -0.39 is 10.0 Å². The largest absolute Gasteiger partial charge is 0.491 e. The number of ether oxygens (including phenoxy) is 1. The molecule has 0 aromatic heterocycles. The quantitative estimate of drug-likeness (QED) is 0.733. The summed E-state index contributed by atoms with van der Waals surface area (Å²) < 4.78 is 33.1. The minimum Gasteiger partial charge on any atom is -0.491 e. The first-order valence-corrected chi connectivity index (χ1v) is 9.88. The first-order valence-electron chi connectivity index (χ1n) is 8.40. The predicted molar refractivity (Wildman–Crippen MR) is 103 cm³/mol. The van der Waals surface area contributed by atoms with Crippen LogP contribution in [-0.2, 0) is 10.0 Å². The van der Waals surface area contributed by atoms with Gasteiger partial charge in [-0.25, -0.2) is 8.42 Å². The first kappa shape index (κ1) is 19.1. The van der Waals surface area contributed by atoms with Crippen LogP contribution >= 0.6 is 0 Å². The summed E-state index contributed by atoms with van der Waals surface area (Å²) in [6.07, 6.45) is 0.0448. The highest BCUT2D eigenvalue weighted by Gasteiger charge is 2.14. The summed E-state index contributed by atoms with van der Waals surface area (Å²) in [5, 5.41) is 3.30. The SMILES string of the molecule is CC(C)CNc1ccc(NS(=O)(=O)c2ccc(OC(C)C)cc2)cc1. The molecule has 25 heavy (non-hydrogen) atoms. The summed E-state index contributed by atoms with van der Waals surface area (Å²) in [5.74, 6) is 1.19. The van der Waals surface area contributed by atoms with E-state index in [1.807, 2.05) is 26.0 Å². The molecule has 0 bridgehead atoms. The Morgan fingerprint density at radius 3 is 1.96 bits per heavy atom. The maximum Gasteiger partial charge on any atom is 0.261 e. The van der Waals surface area contributed by atoms with Crippen LogP contribution in [0.2, 0.25) is 0 Å². The van der Waals surface area contributed by atoms with Crippen molar-refractivity contribution in [1.82, 2.24) is 0 Å². The van der Waals surface area contributed by atoms with Crippen LogP contribution in [0.5, 0.6) is 5.75 Å². The molecule has 2 rings (SSSR count). The number of anilines is 2. The normalized spacial score (nSPS) is 11.6. The van der Waals surface area contributed by atoms with Gasteiger partial charge in [0.15, 0.2) is 0 Å². The molecule has 136 valence electrons. The van der Waals surface area contributed by atoms with Crippen LogP contribution in [0.4, 0.5) is 11.4 Å². The van der Waals surface area contributed by atoms with Crippen LogP contribution in [0.1, 0.15) is 27.7 Å². The lowest BCUT2D eigenvalue weighted by molar-refractivity contribution is 0.242. The lowest BCUT2D eigenvalue weighted by atomic mass is 10.2. The Morgan fingerprint density at radius 1 is 0.880 bits per heavy atom. The second-order valence-electron chi connectivity index (χ2n) is 6.60. The molecule has 0 aliphatic heterocycles. The van der Waals surface area contributed by atoms with E-state index in [1.54, 1.807) is 36.4 Å². The van der Waals surface area contributed by atoms with Crippen LogP contribution in [0, 0.1) is 5.92 Å². The minimum atomic E-state index is -3.62. The van der Waals surface area contributed by atoms with Gasteiger partial charge in [0.05, 0.1) is 11.0 Å². The second-order valence-corrected chi connectivity index (χ2v) is 8.28. The molecule has 0 spiro atoms. The van der Waals surface area contributed by atoms with Gasteiger partial charge in [-0.3, -0.25) is 4.72 Å². The zero-order valence-electron chi connectivity index (χ0n) is 15.1. The highest BCUT2D eigenvalue weighted by Crippen LogP contribution is 2.21. The molecule has 0 aliphatic rings. The summed E-state index contributed by atoms with van der Waals surface area (Å²) in [6.45, 7) is 8.98. The molecule has 0 amide bonds. The number of hydrogen-bond acceptors (Lipinski definition) is 4. The molecule has 2 N–H and O–H groups in total. The van der Waals surface area contributed by atoms with Gasteiger partial charge in [-0.1, -0.05) is 13.8 Å². The van der Waals surface area contributed by atoms with Gasteiger partial charge in [-0.15, -0.1) is 0 Å². The van der Waals surface area contributed by atoms with E-state index in [-0.39, 0.29) is 11.0 Å². The maximum atomic E-state index is 12.5. The molecule has 0 fully saturated rings. The van der Waals surface area contributed by atoms with Crippen molar-refractivity contribution < 1.29 is 13.2 Å². The van der Waals surface area contributed by atoms with E-state index in [0.717, 1.165) is 12.2 Å². The average Bonchev–Trinajstić information content (AvgIpc) is 2.54. The van der Waals surface area contributed by atoms with Gasteiger partial charge in [-0.2, -0.15) is 0 Å². The van der Waals surface area contributed by atoms with Crippen LogP contribution in [0.3, 0.4) is 0 Å². The molecule has 6 heteroatoms. The van der Waals surface area contributed by atoms with Crippen molar-refractivity contribution in [2.24, 2.45) is 5.92 Å². The summed E-state index contributed by atoms with van der Waals surface area (Å²) in [7, 11) is -3.62. The number of hydrogen-bond donors (Lipinski definition) is 2. The third-order valence-corrected chi connectivity index (χ3v) is 4.75. The van der Waals surface area contributed by atoms with Crippen molar-refractivity contribution in [3.63, 3.8) is 0 Å². The van der Waals surface area contributed by atoms with Gasteiger partial charge in [0.2, 0.25) is 0 Å². The molecule has 0 heterocycles. The van der Waals surface area contributed by atoms with Crippen LogP contribution in [0.25, 0.3) is 0 Å². The molecule has 0 saturated heterocycles. The monoisotopic (exact) mass is 362 g/mol. The molecular weight excluding hydrogens is 336 g/mol. The van der Waals surface area contributed by atoms with E-state index in [4.69, 9.17) is 4.74 Å². The molecule has 2 aromatic carbocycles. The Kier molecular flexibility index (Phi) is 6.31. The van der Waals surface area contributed by atoms with Crippen LogP contribution in [0.15, 0.2) is 53.4 Å². The van der Waals surface area contributed by atoms with Gasteiger partial charge in [0.1, 0.15) is 5.75 Å². The smallest absolute Gasteiger partial charge is 0.261 e. The topological polar surface area (TPSA) is 67.4 Å². The van der Waals surface area contributed by atoms with E-state index in [2.05, 4.69) is 23.9 Å². The number of sulfonamides is 1. The van der Waals surface area contributed by atoms with E-state index >= 15 is 0 Å². The molecule has 0 aliphatic carbocycles. The Bertz CT molecular complexity index is 767. The van der Waals surface area contributed by atoms with E-state index in [9.17, 15) is 8.42 Å². The highest BCUT2D eigenvalue weighted by molar-refractivity contribution is 7.92.